The van der Waals surface area contributed by atoms with Gasteiger partial charge in [-0.2, -0.15) is 0 Å². The second-order valence-electron chi connectivity index (χ2n) is 6.54. The van der Waals surface area contributed by atoms with Crippen LogP contribution in [0.5, 0.6) is 0 Å². The first kappa shape index (κ1) is 17.7. The summed E-state index contributed by atoms with van der Waals surface area (Å²) in [6.07, 6.45) is 1.14. The van der Waals surface area contributed by atoms with E-state index < -0.39 is 0 Å². The van der Waals surface area contributed by atoms with Gasteiger partial charge in [-0.15, -0.1) is 5.10 Å². The number of hydrogen-bond donors (Lipinski definition) is 0. The first-order valence-corrected chi connectivity index (χ1v) is 9.02. The van der Waals surface area contributed by atoms with Crippen LogP contribution < -0.4 is 4.90 Å². The molecule has 0 N–H and O–H groups in total. The van der Waals surface area contributed by atoms with Crippen molar-refractivity contribution in [3.63, 3.8) is 0 Å². The van der Waals surface area contributed by atoms with Gasteiger partial charge in [-0.1, -0.05) is 48.7 Å². The Hall–Kier alpha value is -2.08. The highest BCUT2D eigenvalue weighted by atomic mass is 35.5. The van der Waals surface area contributed by atoms with Gasteiger partial charge in [0.05, 0.1) is 0 Å². The molecule has 1 aromatic carbocycles. The third kappa shape index (κ3) is 4.31. The second-order valence-corrected chi connectivity index (χ2v) is 6.94. The Morgan fingerprint density at radius 2 is 1.92 bits per heavy atom. The second kappa shape index (κ2) is 7.87. The van der Waals surface area contributed by atoms with E-state index in [1.807, 2.05) is 47.9 Å². The van der Waals surface area contributed by atoms with Crippen molar-refractivity contribution in [1.82, 2.24) is 15.1 Å². The van der Waals surface area contributed by atoms with E-state index in [9.17, 15) is 4.79 Å². The largest absolute Gasteiger partial charge is 0.408 e. The van der Waals surface area contributed by atoms with Crippen molar-refractivity contribution in [1.29, 1.82) is 0 Å². The van der Waals surface area contributed by atoms with Crippen LogP contribution in [0.3, 0.4) is 0 Å². The van der Waals surface area contributed by atoms with Crippen LogP contribution in [0.4, 0.5) is 6.01 Å². The van der Waals surface area contributed by atoms with Crippen molar-refractivity contribution in [3.8, 4) is 0 Å². The molecular formula is C18H23ClN4O2. The number of aromatic nitrogens is 2. The van der Waals surface area contributed by atoms with E-state index in [0.717, 1.165) is 10.6 Å². The maximum Gasteiger partial charge on any atom is 0.318 e. The van der Waals surface area contributed by atoms with Crippen LogP contribution in [0.2, 0.25) is 5.02 Å². The lowest BCUT2D eigenvalue weighted by Gasteiger charge is -2.33. The summed E-state index contributed by atoms with van der Waals surface area (Å²) >= 11 is 6.15. The summed E-state index contributed by atoms with van der Waals surface area (Å²) in [7, 11) is 0. The molecule has 0 radical (unpaired) electrons. The number of carbonyl (C=O) groups excluding carboxylic acids is 1. The summed E-state index contributed by atoms with van der Waals surface area (Å²) in [6.45, 7) is 6.79. The average Bonchev–Trinajstić information content (AvgIpc) is 3.11. The van der Waals surface area contributed by atoms with Crippen molar-refractivity contribution in [2.75, 3.05) is 31.1 Å². The van der Waals surface area contributed by atoms with Crippen LogP contribution in [0.15, 0.2) is 28.7 Å². The molecule has 1 saturated heterocycles. The minimum Gasteiger partial charge on any atom is -0.408 e. The molecule has 0 unspecified atom stereocenters. The zero-order valence-corrected chi connectivity index (χ0v) is 15.4. The molecule has 1 fully saturated rings. The summed E-state index contributed by atoms with van der Waals surface area (Å²) in [5.74, 6) is 1.02. The monoisotopic (exact) mass is 362 g/mol. The smallest absolute Gasteiger partial charge is 0.318 e. The number of hydrogen-bond acceptors (Lipinski definition) is 5. The predicted molar refractivity (Wildman–Crippen MR) is 97.0 cm³/mol. The molecule has 0 aliphatic carbocycles. The molecule has 134 valence electrons. The number of amides is 1. The van der Waals surface area contributed by atoms with Crippen LogP contribution in [0.25, 0.3) is 0 Å². The summed E-state index contributed by atoms with van der Waals surface area (Å²) < 4.78 is 5.68. The van der Waals surface area contributed by atoms with E-state index in [1.165, 1.54) is 0 Å². The predicted octanol–water partition coefficient (Wildman–Crippen LogP) is 3.13. The van der Waals surface area contributed by atoms with E-state index >= 15 is 0 Å². The Morgan fingerprint density at radius 3 is 2.56 bits per heavy atom. The van der Waals surface area contributed by atoms with Crippen molar-refractivity contribution in [2.45, 2.75) is 32.6 Å². The van der Waals surface area contributed by atoms with Gasteiger partial charge in [0.2, 0.25) is 11.8 Å². The molecule has 0 atom stereocenters. The minimum atomic E-state index is 0.160. The van der Waals surface area contributed by atoms with Crippen LogP contribution in [0.1, 0.15) is 37.6 Å². The van der Waals surface area contributed by atoms with E-state index in [4.69, 9.17) is 16.0 Å². The quantitative estimate of drug-likeness (QED) is 0.817. The van der Waals surface area contributed by atoms with Crippen LogP contribution >= 0.6 is 11.6 Å². The molecule has 0 bridgehead atoms. The molecule has 1 aliphatic heterocycles. The molecule has 3 rings (SSSR count). The van der Waals surface area contributed by atoms with Crippen LogP contribution in [-0.4, -0.2) is 47.2 Å². The SMILES string of the molecule is CC(C)c1nnc(N2CCN(C(=O)CCc3ccccc3Cl)CC2)o1. The zero-order valence-electron chi connectivity index (χ0n) is 14.6. The minimum absolute atomic E-state index is 0.160. The molecule has 25 heavy (non-hydrogen) atoms. The summed E-state index contributed by atoms with van der Waals surface area (Å²) in [6, 6.07) is 8.22. The van der Waals surface area contributed by atoms with Crippen molar-refractivity contribution < 1.29 is 9.21 Å². The number of nitrogens with zero attached hydrogens (tertiary/aromatic N) is 4. The summed E-state index contributed by atoms with van der Waals surface area (Å²) in [5.41, 5.74) is 1.02. The molecule has 7 heteroatoms. The van der Waals surface area contributed by atoms with E-state index in [1.54, 1.807) is 0 Å². The van der Waals surface area contributed by atoms with Gasteiger partial charge in [-0.25, -0.2) is 0 Å². The number of rotatable bonds is 5. The maximum atomic E-state index is 12.4. The molecule has 6 nitrogen and oxygen atoms in total. The fourth-order valence-electron chi connectivity index (χ4n) is 2.84. The number of piperazine rings is 1. The first-order valence-electron chi connectivity index (χ1n) is 8.64. The number of anilines is 1. The van der Waals surface area contributed by atoms with Gasteiger partial charge in [-0.05, 0) is 18.1 Å². The highest BCUT2D eigenvalue weighted by Gasteiger charge is 2.24. The number of aryl methyl sites for hydroxylation is 1. The molecular weight excluding hydrogens is 340 g/mol. The average molecular weight is 363 g/mol. The molecule has 0 spiro atoms. The Kier molecular flexibility index (Phi) is 5.58. The molecule has 1 aliphatic rings. The van der Waals surface area contributed by atoms with Crippen molar-refractivity contribution in [2.24, 2.45) is 0 Å². The molecule has 2 aromatic rings. The zero-order chi connectivity index (χ0) is 17.8. The van der Waals surface area contributed by atoms with Gasteiger partial charge in [0.1, 0.15) is 0 Å². The number of halogens is 1. The Balaban J connectivity index is 1.49. The fraction of sp³-hybridized carbons (Fsp3) is 0.500. The van der Waals surface area contributed by atoms with Gasteiger partial charge in [0.15, 0.2) is 0 Å². The fourth-order valence-corrected chi connectivity index (χ4v) is 3.07. The number of benzene rings is 1. The lowest BCUT2D eigenvalue weighted by molar-refractivity contribution is -0.131. The lowest BCUT2D eigenvalue weighted by atomic mass is 10.1. The Bertz CT molecular complexity index is 723. The molecule has 2 heterocycles. The Labute approximate surface area is 152 Å². The maximum absolute atomic E-state index is 12.4. The van der Waals surface area contributed by atoms with Crippen LogP contribution in [-0.2, 0) is 11.2 Å². The normalized spacial score (nSPS) is 15.0. The molecule has 0 saturated carbocycles. The Morgan fingerprint density at radius 1 is 1.20 bits per heavy atom. The van der Waals surface area contributed by atoms with E-state index in [0.29, 0.717) is 50.9 Å². The van der Waals surface area contributed by atoms with Crippen LogP contribution in [0, 0.1) is 0 Å². The topological polar surface area (TPSA) is 62.5 Å². The third-order valence-corrected chi connectivity index (χ3v) is 4.76. The van der Waals surface area contributed by atoms with E-state index in [2.05, 4.69) is 10.2 Å². The van der Waals surface area contributed by atoms with Gasteiger partial charge in [-0.3, -0.25) is 4.79 Å². The standard InChI is InChI=1S/C18H23ClN4O2/c1-13(2)17-20-21-18(25-17)23-11-9-22(10-12-23)16(24)8-7-14-5-3-4-6-15(14)19/h3-6,13H,7-12H2,1-2H3. The van der Waals surface area contributed by atoms with Crippen molar-refractivity contribution in [3.05, 3.63) is 40.7 Å². The molecule has 1 aromatic heterocycles. The molecule has 1 amide bonds. The van der Waals surface area contributed by atoms with Gasteiger partial charge >= 0.3 is 6.01 Å². The van der Waals surface area contributed by atoms with Gasteiger partial charge in [0.25, 0.3) is 0 Å². The highest BCUT2D eigenvalue weighted by molar-refractivity contribution is 6.31. The third-order valence-electron chi connectivity index (χ3n) is 4.39. The van der Waals surface area contributed by atoms with Gasteiger partial charge in [0, 0.05) is 43.5 Å². The highest BCUT2D eigenvalue weighted by Crippen LogP contribution is 2.20. The lowest BCUT2D eigenvalue weighted by Crippen LogP contribution is -2.49. The summed E-state index contributed by atoms with van der Waals surface area (Å²) in [4.78, 5) is 16.4. The van der Waals surface area contributed by atoms with Crippen molar-refractivity contribution >= 4 is 23.5 Å². The first-order chi connectivity index (χ1) is 12.0. The summed E-state index contributed by atoms with van der Waals surface area (Å²) in [5, 5.41) is 8.89. The number of carbonyl (C=O) groups is 1. The van der Waals surface area contributed by atoms with Gasteiger partial charge < -0.3 is 14.2 Å². The van der Waals surface area contributed by atoms with E-state index in [-0.39, 0.29) is 11.8 Å².